The van der Waals surface area contributed by atoms with Crippen molar-refractivity contribution in [1.82, 2.24) is 0 Å². The highest BCUT2D eigenvalue weighted by molar-refractivity contribution is 9.09. The highest BCUT2D eigenvalue weighted by atomic mass is 79.9. The van der Waals surface area contributed by atoms with Crippen LogP contribution in [0.25, 0.3) is 0 Å². The van der Waals surface area contributed by atoms with E-state index in [0.29, 0.717) is 5.92 Å². The Morgan fingerprint density at radius 1 is 1.05 bits per heavy atom. The summed E-state index contributed by atoms with van der Waals surface area (Å²) in [6, 6.07) is 17.4. The maximum Gasteiger partial charge on any atom is 0.0108 e. The third kappa shape index (κ3) is 4.12. The fourth-order valence-corrected chi connectivity index (χ4v) is 4.17. The Labute approximate surface area is 128 Å². The number of benzene rings is 2. The highest BCUT2D eigenvalue weighted by Gasteiger charge is 2.11. The first-order chi connectivity index (χ1) is 9.20. The molecule has 0 nitrogen and oxygen atoms in total. The Balaban J connectivity index is 2.06. The topological polar surface area (TPSA) is 0 Å². The summed E-state index contributed by atoms with van der Waals surface area (Å²) in [4.78, 5) is 1.40. The molecule has 0 aliphatic heterocycles. The van der Waals surface area contributed by atoms with Crippen molar-refractivity contribution in [3.63, 3.8) is 0 Å². The first kappa shape index (κ1) is 14.7. The maximum atomic E-state index is 3.65. The number of rotatable bonds is 5. The van der Waals surface area contributed by atoms with Crippen LogP contribution in [0.15, 0.2) is 53.4 Å². The molecule has 0 fully saturated rings. The van der Waals surface area contributed by atoms with Crippen molar-refractivity contribution in [1.29, 1.82) is 0 Å². The van der Waals surface area contributed by atoms with Crippen molar-refractivity contribution in [3.05, 3.63) is 65.2 Å². The van der Waals surface area contributed by atoms with Crippen LogP contribution in [0.2, 0.25) is 0 Å². The fourth-order valence-electron chi connectivity index (χ4n) is 2.01. The van der Waals surface area contributed by atoms with E-state index < -0.39 is 0 Å². The molecule has 2 heteroatoms. The molecule has 0 N–H and O–H groups in total. The van der Waals surface area contributed by atoms with Crippen molar-refractivity contribution >= 4 is 27.7 Å². The zero-order chi connectivity index (χ0) is 13.7. The number of aryl methyl sites for hydroxylation is 2. The molecule has 1 atom stereocenters. The van der Waals surface area contributed by atoms with Crippen LogP contribution in [0.5, 0.6) is 0 Å². The minimum Gasteiger partial charge on any atom is -0.125 e. The zero-order valence-electron chi connectivity index (χ0n) is 11.4. The fraction of sp³-hybridized carbons (Fsp3) is 0.294. The van der Waals surface area contributed by atoms with Gasteiger partial charge >= 0.3 is 0 Å². The lowest BCUT2D eigenvalue weighted by atomic mass is 10.0. The number of alkyl halides is 1. The summed E-state index contributed by atoms with van der Waals surface area (Å²) in [5.74, 6) is 1.67. The van der Waals surface area contributed by atoms with E-state index in [1.54, 1.807) is 0 Å². The predicted octanol–water partition coefficient (Wildman–Crippen LogP) is 5.57. The quantitative estimate of drug-likeness (QED) is 0.508. The average Bonchev–Trinajstić information content (AvgIpc) is 2.44. The van der Waals surface area contributed by atoms with Gasteiger partial charge in [0.2, 0.25) is 0 Å². The second-order valence-corrected chi connectivity index (χ2v) is 6.55. The van der Waals surface area contributed by atoms with E-state index in [4.69, 9.17) is 0 Å². The monoisotopic (exact) mass is 334 g/mol. The van der Waals surface area contributed by atoms with Gasteiger partial charge in [-0.1, -0.05) is 64.0 Å². The average molecular weight is 335 g/mol. The van der Waals surface area contributed by atoms with Gasteiger partial charge in [0.05, 0.1) is 0 Å². The zero-order valence-corrected chi connectivity index (χ0v) is 13.8. The highest BCUT2D eigenvalue weighted by Crippen LogP contribution is 2.30. The minimum absolute atomic E-state index is 0.561. The number of thioether (sulfide) groups is 1. The molecule has 2 aromatic carbocycles. The van der Waals surface area contributed by atoms with E-state index in [-0.39, 0.29) is 0 Å². The first-order valence-corrected chi connectivity index (χ1v) is 8.62. The molecule has 0 aromatic heterocycles. The molecule has 0 bridgehead atoms. The lowest BCUT2D eigenvalue weighted by Gasteiger charge is -2.15. The van der Waals surface area contributed by atoms with Crippen LogP contribution in [0.3, 0.4) is 0 Å². The lowest BCUT2D eigenvalue weighted by molar-refractivity contribution is 0.901. The van der Waals surface area contributed by atoms with Crippen molar-refractivity contribution in [3.8, 4) is 0 Å². The van der Waals surface area contributed by atoms with E-state index in [2.05, 4.69) is 78.3 Å². The van der Waals surface area contributed by atoms with E-state index in [0.717, 1.165) is 11.1 Å². The van der Waals surface area contributed by atoms with Crippen LogP contribution in [0, 0.1) is 13.8 Å². The number of halogens is 1. The molecule has 100 valence electrons. The van der Waals surface area contributed by atoms with Crippen molar-refractivity contribution in [2.24, 2.45) is 0 Å². The lowest BCUT2D eigenvalue weighted by Crippen LogP contribution is -2.03. The molecule has 0 saturated carbocycles. The van der Waals surface area contributed by atoms with Crippen LogP contribution in [-0.2, 0) is 0 Å². The SMILES string of the molecule is Cc1ccc(C)c(SCC(CBr)c2ccccc2)c1. The Kier molecular flexibility index (Phi) is 5.53. The molecule has 2 rings (SSSR count). The Morgan fingerprint density at radius 2 is 1.79 bits per heavy atom. The van der Waals surface area contributed by atoms with Gasteiger partial charge in [0, 0.05) is 21.9 Å². The predicted molar refractivity (Wildman–Crippen MR) is 89.6 cm³/mol. The largest absolute Gasteiger partial charge is 0.125 e. The second-order valence-electron chi connectivity index (χ2n) is 4.84. The summed E-state index contributed by atoms with van der Waals surface area (Å²) in [7, 11) is 0. The Hall–Kier alpha value is -0.730. The molecule has 1 unspecified atom stereocenters. The van der Waals surface area contributed by atoms with E-state index in [9.17, 15) is 0 Å². The van der Waals surface area contributed by atoms with E-state index in [1.807, 2.05) is 11.8 Å². The molecule has 0 heterocycles. The molecule has 0 saturated heterocycles. The van der Waals surface area contributed by atoms with Gasteiger partial charge in [0.1, 0.15) is 0 Å². The van der Waals surface area contributed by atoms with Gasteiger partial charge in [-0.3, -0.25) is 0 Å². The molecular weight excluding hydrogens is 316 g/mol. The van der Waals surface area contributed by atoms with Crippen molar-refractivity contribution < 1.29 is 0 Å². The number of hydrogen-bond donors (Lipinski definition) is 0. The van der Waals surface area contributed by atoms with Crippen LogP contribution >= 0.6 is 27.7 Å². The van der Waals surface area contributed by atoms with Crippen molar-refractivity contribution in [2.45, 2.75) is 24.7 Å². The molecule has 0 amide bonds. The molecule has 0 aliphatic carbocycles. The molecule has 2 aromatic rings. The van der Waals surface area contributed by atoms with Gasteiger partial charge in [-0.25, -0.2) is 0 Å². The Morgan fingerprint density at radius 3 is 2.47 bits per heavy atom. The molecule has 19 heavy (non-hydrogen) atoms. The molecule has 0 radical (unpaired) electrons. The molecule has 0 aliphatic rings. The van der Waals surface area contributed by atoms with Gasteiger partial charge in [-0.15, -0.1) is 11.8 Å². The van der Waals surface area contributed by atoms with E-state index >= 15 is 0 Å². The maximum absolute atomic E-state index is 3.65. The van der Waals surface area contributed by atoms with Crippen LogP contribution in [0.4, 0.5) is 0 Å². The summed E-state index contributed by atoms with van der Waals surface area (Å²) in [5, 5.41) is 1.01. The standard InChI is InChI=1S/C17H19BrS/c1-13-8-9-14(2)17(10-13)19-12-16(11-18)15-6-4-3-5-7-15/h3-10,16H,11-12H2,1-2H3. The summed E-state index contributed by atoms with van der Waals surface area (Å²) < 4.78 is 0. The van der Waals surface area contributed by atoms with Gasteiger partial charge in [-0.05, 0) is 31.0 Å². The van der Waals surface area contributed by atoms with Crippen LogP contribution in [0.1, 0.15) is 22.6 Å². The summed E-state index contributed by atoms with van der Waals surface area (Å²) in [5.41, 5.74) is 4.12. The smallest absolute Gasteiger partial charge is 0.0108 e. The summed E-state index contributed by atoms with van der Waals surface area (Å²) in [6.45, 7) is 4.34. The first-order valence-electron chi connectivity index (χ1n) is 6.51. The van der Waals surface area contributed by atoms with Gasteiger partial charge in [0.25, 0.3) is 0 Å². The summed E-state index contributed by atoms with van der Waals surface area (Å²) >= 11 is 5.60. The second kappa shape index (κ2) is 7.16. The third-order valence-electron chi connectivity index (χ3n) is 3.24. The van der Waals surface area contributed by atoms with Gasteiger partial charge in [-0.2, -0.15) is 0 Å². The van der Waals surface area contributed by atoms with Gasteiger partial charge in [0.15, 0.2) is 0 Å². The Bertz CT molecular complexity index is 522. The van der Waals surface area contributed by atoms with Gasteiger partial charge < -0.3 is 0 Å². The normalized spacial score (nSPS) is 12.4. The third-order valence-corrected chi connectivity index (χ3v) is 5.34. The number of hydrogen-bond acceptors (Lipinski definition) is 1. The van der Waals surface area contributed by atoms with Crippen LogP contribution < -0.4 is 0 Å². The minimum atomic E-state index is 0.561. The van der Waals surface area contributed by atoms with Crippen molar-refractivity contribution in [2.75, 3.05) is 11.1 Å². The summed E-state index contributed by atoms with van der Waals surface area (Å²) in [6.07, 6.45) is 0. The molecule has 0 spiro atoms. The molecular formula is C17H19BrS. The van der Waals surface area contributed by atoms with Crippen LogP contribution in [-0.4, -0.2) is 11.1 Å². The van der Waals surface area contributed by atoms with E-state index in [1.165, 1.54) is 21.6 Å².